The van der Waals surface area contributed by atoms with E-state index in [0.29, 0.717) is 22.8 Å². The fraction of sp³-hybridized carbons (Fsp3) is 0.167. The first-order chi connectivity index (χ1) is 8.97. The second-order valence-corrected chi connectivity index (χ2v) is 4.02. The predicted molar refractivity (Wildman–Crippen MR) is 71.4 cm³/mol. The summed E-state index contributed by atoms with van der Waals surface area (Å²) in [6.07, 6.45) is 1.51. The fourth-order valence-electron chi connectivity index (χ4n) is 1.58. The molecule has 2 aromatic heterocycles. The Kier molecular flexibility index (Phi) is 3.28. The highest BCUT2D eigenvalue weighted by Gasteiger charge is 2.08. The molecule has 0 unspecified atom stereocenters. The van der Waals surface area contributed by atoms with Crippen LogP contribution in [0.1, 0.15) is 6.92 Å². The van der Waals surface area contributed by atoms with E-state index in [9.17, 15) is 9.59 Å². The highest BCUT2D eigenvalue weighted by Crippen LogP contribution is 2.24. The zero-order valence-electron chi connectivity index (χ0n) is 10.5. The molecule has 0 saturated carbocycles. The summed E-state index contributed by atoms with van der Waals surface area (Å²) in [7, 11) is 1.56. The van der Waals surface area contributed by atoms with Crippen molar-refractivity contribution < 1.29 is 4.79 Å². The molecule has 0 fully saturated rings. The van der Waals surface area contributed by atoms with Crippen molar-refractivity contribution in [2.24, 2.45) is 7.05 Å². The molecule has 0 atom stereocenters. The summed E-state index contributed by atoms with van der Waals surface area (Å²) < 4.78 is 1.22. The van der Waals surface area contributed by atoms with Crippen LogP contribution in [-0.4, -0.2) is 20.7 Å². The molecule has 2 aromatic rings. The number of aryl methyl sites for hydroxylation is 1. The van der Waals surface area contributed by atoms with Crippen LogP contribution in [0, 0.1) is 0 Å². The summed E-state index contributed by atoms with van der Waals surface area (Å²) in [6, 6.07) is 4.53. The largest absolute Gasteiger partial charge is 0.398 e. The van der Waals surface area contributed by atoms with Crippen LogP contribution in [0.15, 0.2) is 29.2 Å². The van der Waals surface area contributed by atoms with Gasteiger partial charge >= 0.3 is 0 Å². The van der Waals surface area contributed by atoms with Gasteiger partial charge in [-0.3, -0.25) is 9.59 Å². The molecule has 0 spiro atoms. The SMILES string of the molecule is CC(=O)Nc1cc(N)c(-c2ccc(=O)n(C)n2)cn1. The van der Waals surface area contributed by atoms with Crippen molar-refractivity contribution in [3.63, 3.8) is 0 Å². The van der Waals surface area contributed by atoms with Gasteiger partial charge in [-0.2, -0.15) is 5.10 Å². The van der Waals surface area contributed by atoms with Crippen LogP contribution in [0.25, 0.3) is 11.3 Å². The summed E-state index contributed by atoms with van der Waals surface area (Å²) in [6.45, 7) is 1.39. The minimum Gasteiger partial charge on any atom is -0.398 e. The van der Waals surface area contributed by atoms with Crippen molar-refractivity contribution in [3.8, 4) is 11.3 Å². The van der Waals surface area contributed by atoms with Gasteiger partial charge in [-0.1, -0.05) is 0 Å². The number of carbonyl (C=O) groups excluding carboxylic acids is 1. The Morgan fingerprint density at radius 1 is 1.42 bits per heavy atom. The van der Waals surface area contributed by atoms with Crippen molar-refractivity contribution in [1.29, 1.82) is 0 Å². The standard InChI is InChI=1S/C12H13N5O2/c1-7(18)15-11-5-9(13)8(6-14-11)10-3-4-12(19)17(2)16-10/h3-6H,1-2H3,(H3,13,14,15,18). The lowest BCUT2D eigenvalue weighted by Gasteiger charge is -2.08. The first-order valence-electron chi connectivity index (χ1n) is 5.55. The maximum atomic E-state index is 11.3. The van der Waals surface area contributed by atoms with E-state index in [-0.39, 0.29) is 11.5 Å². The molecule has 0 aliphatic rings. The summed E-state index contributed by atoms with van der Waals surface area (Å²) in [5, 5.41) is 6.63. The van der Waals surface area contributed by atoms with E-state index in [1.165, 1.54) is 23.9 Å². The van der Waals surface area contributed by atoms with Gasteiger partial charge in [0.25, 0.3) is 5.56 Å². The van der Waals surface area contributed by atoms with E-state index in [1.54, 1.807) is 19.2 Å². The lowest BCUT2D eigenvalue weighted by atomic mass is 10.1. The molecular formula is C12H13N5O2. The molecule has 19 heavy (non-hydrogen) atoms. The quantitative estimate of drug-likeness (QED) is 0.811. The Bertz CT molecular complexity index is 693. The molecule has 0 aromatic carbocycles. The van der Waals surface area contributed by atoms with E-state index in [0.717, 1.165) is 0 Å². The van der Waals surface area contributed by atoms with E-state index >= 15 is 0 Å². The monoisotopic (exact) mass is 259 g/mol. The number of pyridine rings is 1. The molecule has 0 saturated heterocycles. The van der Waals surface area contributed by atoms with Crippen LogP contribution in [0.3, 0.4) is 0 Å². The lowest BCUT2D eigenvalue weighted by molar-refractivity contribution is -0.114. The smallest absolute Gasteiger partial charge is 0.266 e. The van der Waals surface area contributed by atoms with E-state index in [1.807, 2.05) is 0 Å². The molecule has 3 N–H and O–H groups in total. The van der Waals surface area contributed by atoms with Gasteiger partial charge in [0.1, 0.15) is 5.82 Å². The maximum Gasteiger partial charge on any atom is 0.266 e. The summed E-state index contributed by atoms with van der Waals surface area (Å²) >= 11 is 0. The number of aromatic nitrogens is 3. The molecule has 0 aliphatic heterocycles. The van der Waals surface area contributed by atoms with Crippen LogP contribution in [-0.2, 0) is 11.8 Å². The van der Waals surface area contributed by atoms with Gasteiger partial charge in [0, 0.05) is 43.6 Å². The number of amides is 1. The number of rotatable bonds is 2. The fourth-order valence-corrected chi connectivity index (χ4v) is 1.58. The molecule has 2 rings (SSSR count). The third-order valence-electron chi connectivity index (χ3n) is 2.48. The van der Waals surface area contributed by atoms with Crippen molar-refractivity contribution in [1.82, 2.24) is 14.8 Å². The Morgan fingerprint density at radius 3 is 2.74 bits per heavy atom. The van der Waals surface area contributed by atoms with Gasteiger partial charge in [0.15, 0.2) is 0 Å². The molecule has 7 heteroatoms. The first kappa shape index (κ1) is 12.7. The van der Waals surface area contributed by atoms with Crippen LogP contribution in [0.2, 0.25) is 0 Å². The summed E-state index contributed by atoms with van der Waals surface area (Å²) in [5.41, 5.74) is 7.26. The summed E-state index contributed by atoms with van der Waals surface area (Å²) in [4.78, 5) is 26.3. The van der Waals surface area contributed by atoms with Gasteiger partial charge in [-0.05, 0) is 6.07 Å². The molecule has 7 nitrogen and oxygen atoms in total. The number of nitrogen functional groups attached to an aromatic ring is 1. The number of nitrogens with two attached hydrogens (primary N) is 1. The van der Waals surface area contributed by atoms with Crippen molar-refractivity contribution in [2.45, 2.75) is 6.92 Å². The average Bonchev–Trinajstić information content (AvgIpc) is 2.32. The molecule has 98 valence electrons. The molecular weight excluding hydrogens is 246 g/mol. The van der Waals surface area contributed by atoms with Gasteiger partial charge in [0.05, 0.1) is 5.69 Å². The Hall–Kier alpha value is -2.70. The van der Waals surface area contributed by atoms with Crippen molar-refractivity contribution >= 4 is 17.4 Å². The molecule has 0 radical (unpaired) electrons. The topological polar surface area (TPSA) is 103 Å². The highest BCUT2D eigenvalue weighted by molar-refractivity contribution is 5.89. The number of hydrogen-bond acceptors (Lipinski definition) is 5. The number of carbonyl (C=O) groups is 1. The van der Waals surface area contributed by atoms with Gasteiger partial charge in [-0.25, -0.2) is 9.67 Å². The normalized spacial score (nSPS) is 10.2. The molecule has 1 amide bonds. The number of anilines is 2. The Balaban J connectivity index is 2.42. The van der Waals surface area contributed by atoms with E-state index in [2.05, 4.69) is 15.4 Å². The number of nitrogens with one attached hydrogen (secondary N) is 1. The average molecular weight is 259 g/mol. The van der Waals surface area contributed by atoms with Crippen LogP contribution < -0.4 is 16.6 Å². The number of nitrogens with zero attached hydrogens (tertiary/aromatic N) is 3. The third-order valence-corrected chi connectivity index (χ3v) is 2.48. The van der Waals surface area contributed by atoms with Crippen molar-refractivity contribution in [3.05, 3.63) is 34.7 Å². The van der Waals surface area contributed by atoms with Crippen LogP contribution in [0.4, 0.5) is 11.5 Å². The van der Waals surface area contributed by atoms with Crippen molar-refractivity contribution in [2.75, 3.05) is 11.1 Å². The Labute approximate surface area is 109 Å². The molecule has 0 bridgehead atoms. The van der Waals surface area contributed by atoms with Gasteiger partial charge in [0.2, 0.25) is 5.91 Å². The van der Waals surface area contributed by atoms with Crippen LogP contribution in [0.5, 0.6) is 0 Å². The second kappa shape index (κ2) is 4.89. The Morgan fingerprint density at radius 2 is 2.16 bits per heavy atom. The third kappa shape index (κ3) is 2.76. The predicted octanol–water partition coefficient (Wildman–Crippen LogP) is 0.383. The van der Waals surface area contributed by atoms with E-state index < -0.39 is 0 Å². The zero-order valence-corrected chi connectivity index (χ0v) is 10.5. The minimum absolute atomic E-state index is 0.204. The first-order valence-corrected chi connectivity index (χ1v) is 5.55. The summed E-state index contributed by atoms with van der Waals surface area (Å²) in [5.74, 6) is 0.151. The highest BCUT2D eigenvalue weighted by atomic mass is 16.1. The zero-order chi connectivity index (χ0) is 14.0. The molecule has 0 aliphatic carbocycles. The van der Waals surface area contributed by atoms with Crippen LogP contribution >= 0.6 is 0 Å². The minimum atomic E-state index is -0.222. The van der Waals surface area contributed by atoms with Gasteiger partial charge in [-0.15, -0.1) is 0 Å². The lowest BCUT2D eigenvalue weighted by Crippen LogP contribution is -2.18. The van der Waals surface area contributed by atoms with E-state index in [4.69, 9.17) is 5.73 Å². The molecule has 2 heterocycles. The second-order valence-electron chi connectivity index (χ2n) is 4.02. The van der Waals surface area contributed by atoms with Gasteiger partial charge < -0.3 is 11.1 Å². The maximum absolute atomic E-state index is 11.3. The number of hydrogen-bond donors (Lipinski definition) is 2.